The Bertz CT molecular complexity index is 412. The molecule has 2 nitrogen and oxygen atoms in total. The summed E-state index contributed by atoms with van der Waals surface area (Å²) in [7, 11) is 0. The number of hydrogen-bond donors (Lipinski definition) is 1. The van der Waals surface area contributed by atoms with Gasteiger partial charge in [0.2, 0.25) is 0 Å². The van der Waals surface area contributed by atoms with E-state index in [0.717, 1.165) is 51.0 Å². The maximum absolute atomic E-state index is 13.5. The normalized spacial score (nSPS) is 16.7. The highest BCUT2D eigenvalue weighted by Gasteiger charge is 2.23. The molecule has 1 aliphatic heterocycles. The molecule has 0 unspecified atom stereocenters. The Morgan fingerprint density at radius 1 is 1.29 bits per heavy atom. The number of benzene rings is 1. The highest BCUT2D eigenvalue weighted by molar-refractivity contribution is 6.31. The van der Waals surface area contributed by atoms with Gasteiger partial charge < -0.3 is 5.32 Å². The van der Waals surface area contributed by atoms with Gasteiger partial charge in [-0.15, -0.1) is 24.8 Å². The first-order valence-corrected chi connectivity index (χ1v) is 7.50. The number of piperazine rings is 1. The average Bonchev–Trinajstić information content (AvgIpc) is 2.44. The number of nitrogens with one attached hydrogen (secondary N) is 1. The van der Waals surface area contributed by atoms with Crippen molar-refractivity contribution in [2.75, 3.05) is 26.2 Å². The van der Waals surface area contributed by atoms with Crippen LogP contribution < -0.4 is 5.32 Å². The van der Waals surface area contributed by atoms with E-state index in [9.17, 15) is 4.39 Å². The summed E-state index contributed by atoms with van der Waals surface area (Å²) in [5, 5.41) is 4.04. The van der Waals surface area contributed by atoms with E-state index in [-0.39, 0.29) is 36.7 Å². The number of nitrogens with zero attached hydrogens (tertiary/aromatic N) is 1. The molecule has 122 valence electrons. The summed E-state index contributed by atoms with van der Waals surface area (Å²) in [6.07, 6.45) is 3.33. The third-order valence-electron chi connectivity index (χ3n) is 3.74. The van der Waals surface area contributed by atoms with E-state index in [4.69, 9.17) is 11.6 Å². The lowest BCUT2D eigenvalue weighted by atomic mass is 9.98. The zero-order valence-corrected chi connectivity index (χ0v) is 14.7. The van der Waals surface area contributed by atoms with Crippen LogP contribution in [0.4, 0.5) is 4.39 Å². The van der Waals surface area contributed by atoms with Gasteiger partial charge in [0.15, 0.2) is 0 Å². The Labute approximate surface area is 144 Å². The Kier molecular flexibility index (Phi) is 10.6. The highest BCUT2D eigenvalue weighted by Crippen LogP contribution is 2.32. The zero-order valence-electron chi connectivity index (χ0n) is 12.3. The molecule has 0 amide bonds. The van der Waals surface area contributed by atoms with Gasteiger partial charge in [0, 0.05) is 37.2 Å². The first kappa shape index (κ1) is 20.9. The highest BCUT2D eigenvalue weighted by atomic mass is 35.5. The first-order valence-electron chi connectivity index (χ1n) is 7.12. The van der Waals surface area contributed by atoms with Crippen LogP contribution in [0.3, 0.4) is 0 Å². The molecule has 0 saturated carbocycles. The molecule has 1 N–H and O–H groups in total. The fraction of sp³-hybridized carbons (Fsp3) is 0.600. The molecule has 0 radical (unpaired) electrons. The molecule has 0 bridgehead atoms. The van der Waals surface area contributed by atoms with Gasteiger partial charge in [-0.05, 0) is 30.2 Å². The molecule has 0 aliphatic carbocycles. The molecule has 1 saturated heterocycles. The average molecular weight is 358 g/mol. The van der Waals surface area contributed by atoms with Gasteiger partial charge >= 0.3 is 0 Å². The van der Waals surface area contributed by atoms with Crippen LogP contribution >= 0.6 is 36.4 Å². The third kappa shape index (κ3) is 5.91. The second-order valence-corrected chi connectivity index (χ2v) is 5.52. The van der Waals surface area contributed by atoms with Crippen LogP contribution in [0.5, 0.6) is 0 Å². The van der Waals surface area contributed by atoms with Gasteiger partial charge in [-0.2, -0.15) is 0 Å². The lowest BCUT2D eigenvalue weighted by Gasteiger charge is -2.35. The van der Waals surface area contributed by atoms with Crippen LogP contribution in [0.1, 0.15) is 37.8 Å². The summed E-state index contributed by atoms with van der Waals surface area (Å²) in [4.78, 5) is 2.42. The second-order valence-electron chi connectivity index (χ2n) is 5.11. The Balaban J connectivity index is 0.00000200. The van der Waals surface area contributed by atoms with Crippen LogP contribution in [-0.4, -0.2) is 31.1 Å². The van der Waals surface area contributed by atoms with E-state index < -0.39 is 0 Å². The van der Waals surface area contributed by atoms with Crippen LogP contribution in [0.25, 0.3) is 0 Å². The van der Waals surface area contributed by atoms with Crippen LogP contribution in [0.15, 0.2) is 18.2 Å². The molecule has 0 spiro atoms. The zero-order chi connectivity index (χ0) is 13.7. The summed E-state index contributed by atoms with van der Waals surface area (Å²) in [5.74, 6) is -0.198. The van der Waals surface area contributed by atoms with E-state index in [2.05, 4.69) is 17.1 Å². The summed E-state index contributed by atoms with van der Waals surface area (Å²) in [6, 6.07) is 4.95. The summed E-state index contributed by atoms with van der Waals surface area (Å²) in [5.41, 5.74) is 0.942. The smallest absolute Gasteiger partial charge is 0.123 e. The molecule has 21 heavy (non-hydrogen) atoms. The van der Waals surface area contributed by atoms with E-state index >= 15 is 0 Å². The maximum atomic E-state index is 13.5. The molecule has 1 atom stereocenters. The van der Waals surface area contributed by atoms with Crippen molar-refractivity contribution in [1.82, 2.24) is 10.2 Å². The third-order valence-corrected chi connectivity index (χ3v) is 4.08. The Morgan fingerprint density at radius 2 is 1.95 bits per heavy atom. The summed E-state index contributed by atoms with van der Waals surface area (Å²) < 4.78 is 13.5. The van der Waals surface area contributed by atoms with Gasteiger partial charge in [-0.3, -0.25) is 4.90 Å². The predicted molar refractivity (Wildman–Crippen MR) is 92.6 cm³/mol. The minimum Gasteiger partial charge on any atom is -0.314 e. The van der Waals surface area contributed by atoms with Crippen molar-refractivity contribution in [2.45, 2.75) is 32.2 Å². The molecule has 1 aliphatic rings. The Morgan fingerprint density at radius 3 is 2.57 bits per heavy atom. The predicted octanol–water partition coefficient (Wildman–Crippen LogP) is 4.46. The number of hydrogen-bond acceptors (Lipinski definition) is 2. The van der Waals surface area contributed by atoms with Crippen molar-refractivity contribution in [2.24, 2.45) is 0 Å². The Hall–Kier alpha value is -0.0600. The maximum Gasteiger partial charge on any atom is 0.123 e. The van der Waals surface area contributed by atoms with E-state index in [1.54, 1.807) is 12.1 Å². The summed E-state index contributed by atoms with van der Waals surface area (Å²) in [6.45, 7) is 6.18. The largest absolute Gasteiger partial charge is 0.314 e. The fourth-order valence-electron chi connectivity index (χ4n) is 2.70. The topological polar surface area (TPSA) is 15.3 Å². The lowest BCUT2D eigenvalue weighted by Crippen LogP contribution is -2.45. The second kappa shape index (κ2) is 10.6. The molecule has 1 aromatic carbocycles. The van der Waals surface area contributed by atoms with E-state index in [1.165, 1.54) is 6.07 Å². The lowest BCUT2D eigenvalue weighted by molar-refractivity contribution is 0.163. The standard InChI is InChI=1S/C15H22ClFN2.2ClH/c1-2-3-4-15(19-9-7-18-8-10-19)13-11-12(17)5-6-14(13)16;;/h5-6,11,15,18H,2-4,7-10H2,1H3;2*1H/t15-;;/m1../s1. The van der Waals surface area contributed by atoms with Gasteiger partial charge in [-0.25, -0.2) is 4.39 Å². The van der Waals surface area contributed by atoms with Crippen LogP contribution in [-0.2, 0) is 0 Å². The molecule has 6 heteroatoms. The molecular weight excluding hydrogens is 334 g/mol. The van der Waals surface area contributed by atoms with Gasteiger partial charge in [0.25, 0.3) is 0 Å². The van der Waals surface area contributed by atoms with Gasteiger partial charge in [0.1, 0.15) is 5.82 Å². The van der Waals surface area contributed by atoms with Crippen molar-refractivity contribution in [3.05, 3.63) is 34.6 Å². The monoisotopic (exact) mass is 356 g/mol. The van der Waals surface area contributed by atoms with Gasteiger partial charge in [-0.1, -0.05) is 31.4 Å². The van der Waals surface area contributed by atoms with Crippen molar-refractivity contribution in [1.29, 1.82) is 0 Å². The van der Waals surface area contributed by atoms with Crippen molar-refractivity contribution < 1.29 is 4.39 Å². The minimum absolute atomic E-state index is 0. The SMILES string of the molecule is CCCC[C@H](c1cc(F)ccc1Cl)N1CCNCC1.Cl.Cl. The molecule has 1 fully saturated rings. The van der Waals surface area contributed by atoms with Gasteiger partial charge in [0.05, 0.1) is 0 Å². The number of halogens is 4. The molecule has 1 aromatic rings. The molecule has 2 rings (SSSR count). The van der Waals surface area contributed by atoms with Crippen LogP contribution in [0, 0.1) is 5.82 Å². The van der Waals surface area contributed by atoms with E-state index in [1.807, 2.05) is 0 Å². The van der Waals surface area contributed by atoms with Crippen molar-refractivity contribution in [3.63, 3.8) is 0 Å². The molecular formula is C15H24Cl3FN2. The van der Waals surface area contributed by atoms with E-state index in [0.29, 0.717) is 5.02 Å². The number of unbranched alkanes of at least 4 members (excludes halogenated alkanes) is 1. The minimum atomic E-state index is -0.198. The molecule has 0 aromatic heterocycles. The van der Waals surface area contributed by atoms with Crippen molar-refractivity contribution >= 4 is 36.4 Å². The number of rotatable bonds is 5. The first-order chi connectivity index (χ1) is 9.22. The quantitative estimate of drug-likeness (QED) is 0.837. The fourth-order valence-corrected chi connectivity index (χ4v) is 2.94. The summed E-state index contributed by atoms with van der Waals surface area (Å²) >= 11 is 6.28. The molecule has 1 heterocycles. The van der Waals surface area contributed by atoms with Crippen LogP contribution in [0.2, 0.25) is 5.02 Å². The van der Waals surface area contributed by atoms with Crippen molar-refractivity contribution in [3.8, 4) is 0 Å².